The topological polar surface area (TPSA) is 58.4 Å². The van der Waals surface area contributed by atoms with Gasteiger partial charge in [-0.05, 0) is 36.8 Å². The van der Waals surface area contributed by atoms with E-state index in [-0.39, 0.29) is 11.8 Å². The largest absolute Gasteiger partial charge is 0.371 e. The van der Waals surface area contributed by atoms with Gasteiger partial charge >= 0.3 is 0 Å². The normalized spacial score (nSPS) is 13.9. The summed E-state index contributed by atoms with van der Waals surface area (Å²) in [5, 5.41) is 6.83. The van der Waals surface area contributed by atoms with E-state index in [4.69, 9.17) is 4.52 Å². The lowest BCUT2D eigenvalue weighted by atomic mass is 10.0. The quantitative estimate of drug-likeness (QED) is 0.827. The van der Waals surface area contributed by atoms with Crippen molar-refractivity contribution in [3.05, 3.63) is 47.3 Å². The van der Waals surface area contributed by atoms with E-state index < -0.39 is 0 Å². The highest BCUT2D eigenvalue weighted by Crippen LogP contribution is 2.26. The second-order valence-corrected chi connectivity index (χ2v) is 6.60. The van der Waals surface area contributed by atoms with Crippen LogP contribution in [0.2, 0.25) is 0 Å². The van der Waals surface area contributed by atoms with Crippen LogP contribution in [-0.4, -0.2) is 30.7 Å². The Balaban J connectivity index is 1.46. The second-order valence-electron chi connectivity index (χ2n) is 6.60. The summed E-state index contributed by atoms with van der Waals surface area (Å²) in [5.41, 5.74) is 3.58. The number of para-hydroxylation sites is 1. The number of amides is 1. The van der Waals surface area contributed by atoms with E-state index >= 15 is 0 Å². The molecule has 0 saturated heterocycles. The van der Waals surface area contributed by atoms with Gasteiger partial charge in [-0.1, -0.05) is 37.2 Å². The Hall–Kier alpha value is -2.30. The van der Waals surface area contributed by atoms with Gasteiger partial charge in [0.05, 0.1) is 5.69 Å². The molecule has 0 fully saturated rings. The summed E-state index contributed by atoms with van der Waals surface area (Å²) in [4.78, 5) is 14.5. The van der Waals surface area contributed by atoms with E-state index in [1.54, 1.807) is 6.07 Å². The molecule has 0 aliphatic carbocycles. The van der Waals surface area contributed by atoms with Crippen LogP contribution in [0.5, 0.6) is 0 Å². The SMILES string of the molecule is CC(C)c1cc(C(=O)NCCCN2CCCc3ccccc32)on1. The van der Waals surface area contributed by atoms with Crippen molar-refractivity contribution >= 4 is 11.6 Å². The third kappa shape index (κ3) is 3.78. The Morgan fingerprint density at radius 2 is 2.21 bits per heavy atom. The second kappa shape index (κ2) is 7.51. The minimum Gasteiger partial charge on any atom is -0.371 e. The first kappa shape index (κ1) is 16.6. The molecule has 0 bridgehead atoms. The number of hydrogen-bond donors (Lipinski definition) is 1. The minimum atomic E-state index is -0.187. The zero-order chi connectivity index (χ0) is 16.9. The van der Waals surface area contributed by atoms with Crippen LogP contribution >= 0.6 is 0 Å². The Morgan fingerprint density at radius 3 is 3.00 bits per heavy atom. The Labute approximate surface area is 143 Å². The number of fused-ring (bicyclic) bond motifs is 1. The molecule has 24 heavy (non-hydrogen) atoms. The van der Waals surface area contributed by atoms with Crippen LogP contribution < -0.4 is 10.2 Å². The molecule has 5 nitrogen and oxygen atoms in total. The molecule has 1 aromatic heterocycles. The Bertz CT molecular complexity index is 693. The molecular formula is C19H25N3O2. The molecule has 0 atom stereocenters. The van der Waals surface area contributed by atoms with Gasteiger partial charge in [0.2, 0.25) is 5.76 Å². The molecule has 128 valence electrons. The fourth-order valence-corrected chi connectivity index (χ4v) is 3.07. The van der Waals surface area contributed by atoms with Crippen molar-refractivity contribution in [1.29, 1.82) is 0 Å². The first-order valence-corrected chi connectivity index (χ1v) is 8.73. The maximum Gasteiger partial charge on any atom is 0.289 e. The molecule has 0 spiro atoms. The van der Waals surface area contributed by atoms with Gasteiger partial charge < -0.3 is 14.7 Å². The van der Waals surface area contributed by atoms with Crippen LogP contribution in [0, 0.1) is 0 Å². The van der Waals surface area contributed by atoms with E-state index in [0.717, 1.165) is 31.6 Å². The molecule has 1 amide bonds. The molecule has 1 aliphatic rings. The predicted octanol–water partition coefficient (Wildman–Crippen LogP) is 3.37. The fourth-order valence-electron chi connectivity index (χ4n) is 3.07. The highest BCUT2D eigenvalue weighted by Gasteiger charge is 2.17. The number of carbonyl (C=O) groups excluding carboxylic acids is 1. The first-order valence-electron chi connectivity index (χ1n) is 8.73. The van der Waals surface area contributed by atoms with Crippen LogP contribution in [0.1, 0.15) is 54.4 Å². The number of nitrogens with zero attached hydrogens (tertiary/aromatic N) is 2. The summed E-state index contributed by atoms with van der Waals surface area (Å²) in [6.07, 6.45) is 3.26. The summed E-state index contributed by atoms with van der Waals surface area (Å²) in [6, 6.07) is 10.3. The summed E-state index contributed by atoms with van der Waals surface area (Å²) >= 11 is 0. The summed E-state index contributed by atoms with van der Waals surface area (Å²) in [6.45, 7) is 6.72. The van der Waals surface area contributed by atoms with Gasteiger partial charge in [0.25, 0.3) is 5.91 Å². The molecule has 0 saturated carbocycles. The lowest BCUT2D eigenvalue weighted by molar-refractivity contribution is 0.0916. The average molecular weight is 327 g/mol. The number of carbonyl (C=O) groups is 1. The predicted molar refractivity (Wildman–Crippen MR) is 94.5 cm³/mol. The molecule has 2 heterocycles. The molecule has 0 unspecified atom stereocenters. The molecule has 5 heteroatoms. The van der Waals surface area contributed by atoms with Gasteiger partial charge in [0.15, 0.2) is 0 Å². The molecule has 1 aromatic carbocycles. The summed E-state index contributed by atoms with van der Waals surface area (Å²) < 4.78 is 5.11. The fraction of sp³-hybridized carbons (Fsp3) is 0.474. The standard InChI is InChI=1S/C19H25N3O2/c1-14(2)16-13-18(24-21-16)19(23)20-10-6-12-22-11-5-8-15-7-3-4-9-17(15)22/h3-4,7,9,13-14H,5-6,8,10-12H2,1-2H3,(H,20,23). The van der Waals surface area contributed by atoms with Crippen LogP contribution in [0.25, 0.3) is 0 Å². The van der Waals surface area contributed by atoms with Crippen LogP contribution in [0.3, 0.4) is 0 Å². The van der Waals surface area contributed by atoms with Crippen LogP contribution in [0.4, 0.5) is 5.69 Å². The van der Waals surface area contributed by atoms with E-state index in [1.807, 2.05) is 13.8 Å². The zero-order valence-electron chi connectivity index (χ0n) is 14.4. The molecule has 3 rings (SSSR count). The van der Waals surface area contributed by atoms with Crippen LogP contribution in [-0.2, 0) is 6.42 Å². The third-order valence-electron chi connectivity index (χ3n) is 4.44. The maximum absolute atomic E-state index is 12.1. The highest BCUT2D eigenvalue weighted by atomic mass is 16.5. The highest BCUT2D eigenvalue weighted by molar-refractivity contribution is 5.91. The number of benzene rings is 1. The summed E-state index contributed by atoms with van der Waals surface area (Å²) in [7, 11) is 0. The van der Waals surface area contributed by atoms with Crippen molar-refractivity contribution in [3.8, 4) is 0 Å². The number of anilines is 1. The minimum absolute atomic E-state index is 0.187. The van der Waals surface area contributed by atoms with Crippen molar-refractivity contribution in [2.45, 2.75) is 39.0 Å². The Morgan fingerprint density at radius 1 is 1.38 bits per heavy atom. The van der Waals surface area contributed by atoms with Gasteiger partial charge in [-0.2, -0.15) is 0 Å². The van der Waals surface area contributed by atoms with Gasteiger partial charge in [0.1, 0.15) is 0 Å². The third-order valence-corrected chi connectivity index (χ3v) is 4.44. The van der Waals surface area contributed by atoms with Gasteiger partial charge in [-0.3, -0.25) is 4.79 Å². The van der Waals surface area contributed by atoms with Crippen molar-refractivity contribution in [3.63, 3.8) is 0 Å². The zero-order valence-corrected chi connectivity index (χ0v) is 14.4. The monoisotopic (exact) mass is 327 g/mol. The lowest BCUT2D eigenvalue weighted by Crippen LogP contribution is -2.33. The molecular weight excluding hydrogens is 302 g/mol. The first-order chi connectivity index (χ1) is 11.6. The van der Waals surface area contributed by atoms with E-state index in [1.165, 1.54) is 17.7 Å². The van der Waals surface area contributed by atoms with Gasteiger partial charge in [0, 0.05) is 31.4 Å². The van der Waals surface area contributed by atoms with Crippen LogP contribution in [0.15, 0.2) is 34.9 Å². The van der Waals surface area contributed by atoms with E-state index in [9.17, 15) is 4.79 Å². The smallest absolute Gasteiger partial charge is 0.289 e. The van der Waals surface area contributed by atoms with Crippen molar-refractivity contribution in [2.24, 2.45) is 0 Å². The van der Waals surface area contributed by atoms with Crippen molar-refractivity contribution < 1.29 is 9.32 Å². The van der Waals surface area contributed by atoms with E-state index in [2.05, 4.69) is 39.6 Å². The van der Waals surface area contributed by atoms with Crippen molar-refractivity contribution in [1.82, 2.24) is 10.5 Å². The van der Waals surface area contributed by atoms with Crippen molar-refractivity contribution in [2.75, 3.05) is 24.5 Å². The Kier molecular flexibility index (Phi) is 5.18. The van der Waals surface area contributed by atoms with Gasteiger partial charge in [-0.25, -0.2) is 0 Å². The van der Waals surface area contributed by atoms with Gasteiger partial charge in [-0.15, -0.1) is 0 Å². The number of aryl methyl sites for hydroxylation is 1. The summed E-state index contributed by atoms with van der Waals surface area (Å²) in [5.74, 6) is 0.366. The number of aromatic nitrogens is 1. The number of hydrogen-bond acceptors (Lipinski definition) is 4. The number of nitrogens with one attached hydrogen (secondary N) is 1. The maximum atomic E-state index is 12.1. The average Bonchev–Trinajstić information content (AvgIpc) is 3.09. The molecule has 2 aromatic rings. The lowest BCUT2D eigenvalue weighted by Gasteiger charge is -2.31. The molecule has 1 aliphatic heterocycles. The molecule has 1 N–H and O–H groups in total. The van der Waals surface area contributed by atoms with E-state index in [0.29, 0.717) is 12.3 Å². The molecule has 0 radical (unpaired) electrons. The number of rotatable bonds is 6.